The van der Waals surface area contributed by atoms with Gasteiger partial charge in [-0.1, -0.05) is 22.9 Å². The first-order valence-corrected chi connectivity index (χ1v) is 6.44. The molecule has 1 aromatic carbocycles. The Kier molecular flexibility index (Phi) is 4.37. The van der Waals surface area contributed by atoms with Crippen molar-refractivity contribution in [2.45, 2.75) is 20.8 Å². The van der Waals surface area contributed by atoms with Gasteiger partial charge in [-0.25, -0.2) is 4.79 Å². The van der Waals surface area contributed by atoms with Crippen LogP contribution in [0.5, 0.6) is 0 Å². The zero-order valence-electron chi connectivity index (χ0n) is 12.1. The second-order valence-electron chi connectivity index (χ2n) is 4.69. The molecule has 1 heterocycles. The second-order valence-corrected chi connectivity index (χ2v) is 4.69. The van der Waals surface area contributed by atoms with Crippen LogP contribution in [0.1, 0.15) is 27.4 Å². The Bertz CT molecular complexity index is 639. The maximum Gasteiger partial charge on any atom is 0.344 e. The van der Waals surface area contributed by atoms with Crippen LogP contribution in [0.3, 0.4) is 0 Å². The van der Waals surface area contributed by atoms with Crippen LogP contribution in [0.2, 0.25) is 0 Å². The predicted molar refractivity (Wildman–Crippen MR) is 76.1 cm³/mol. The van der Waals surface area contributed by atoms with E-state index in [2.05, 4.69) is 10.5 Å². The summed E-state index contributed by atoms with van der Waals surface area (Å²) in [6.45, 7) is 4.84. The summed E-state index contributed by atoms with van der Waals surface area (Å²) < 4.78 is 9.83. The molecule has 0 fully saturated rings. The van der Waals surface area contributed by atoms with E-state index < -0.39 is 11.9 Å². The quantitative estimate of drug-likeness (QED) is 0.874. The Labute approximate surface area is 122 Å². The zero-order chi connectivity index (χ0) is 15.4. The average Bonchev–Trinajstić information content (AvgIpc) is 2.78. The molecule has 0 bridgehead atoms. The van der Waals surface area contributed by atoms with Gasteiger partial charge in [0.15, 0.2) is 6.61 Å². The Morgan fingerprint density at radius 1 is 1.19 bits per heavy atom. The average molecular weight is 288 g/mol. The van der Waals surface area contributed by atoms with E-state index in [1.165, 1.54) is 0 Å². The number of carbonyl (C=O) groups is 2. The number of rotatable bonds is 4. The molecule has 0 spiro atoms. The third kappa shape index (κ3) is 3.68. The van der Waals surface area contributed by atoms with Crippen molar-refractivity contribution >= 4 is 17.6 Å². The number of hydrogen-bond acceptors (Lipinski definition) is 5. The van der Waals surface area contributed by atoms with E-state index in [1.54, 1.807) is 26.0 Å². The van der Waals surface area contributed by atoms with Crippen molar-refractivity contribution in [3.8, 4) is 0 Å². The van der Waals surface area contributed by atoms with Gasteiger partial charge in [-0.2, -0.15) is 0 Å². The van der Waals surface area contributed by atoms with Crippen LogP contribution >= 0.6 is 0 Å². The van der Waals surface area contributed by atoms with Gasteiger partial charge < -0.3 is 14.6 Å². The standard InChI is InChI=1S/C15H16N2O4/c1-9-4-6-12(7-5-9)16-13(18)8-20-15(19)14-10(2)17-21-11(14)3/h4-7H,8H2,1-3H3,(H,16,18). The molecule has 0 saturated carbocycles. The lowest BCUT2D eigenvalue weighted by atomic mass is 10.2. The molecule has 0 unspecified atom stereocenters. The Morgan fingerprint density at radius 3 is 2.43 bits per heavy atom. The van der Waals surface area contributed by atoms with Gasteiger partial charge in [0, 0.05) is 5.69 Å². The largest absolute Gasteiger partial charge is 0.452 e. The summed E-state index contributed by atoms with van der Waals surface area (Å²) in [5.74, 6) is -0.652. The maximum atomic E-state index is 11.8. The van der Waals surface area contributed by atoms with Crippen molar-refractivity contribution in [3.05, 3.63) is 46.8 Å². The summed E-state index contributed by atoms with van der Waals surface area (Å²) in [6.07, 6.45) is 0. The minimum absolute atomic E-state index is 0.262. The van der Waals surface area contributed by atoms with Crippen molar-refractivity contribution in [2.24, 2.45) is 0 Å². The highest BCUT2D eigenvalue weighted by atomic mass is 16.5. The third-order valence-electron chi connectivity index (χ3n) is 2.91. The SMILES string of the molecule is Cc1ccc(NC(=O)COC(=O)c2c(C)noc2C)cc1. The van der Waals surface area contributed by atoms with Crippen LogP contribution in [0.4, 0.5) is 5.69 Å². The summed E-state index contributed by atoms with van der Waals surface area (Å²) in [5, 5.41) is 6.31. The molecule has 0 radical (unpaired) electrons. The number of anilines is 1. The van der Waals surface area contributed by atoms with E-state index in [0.717, 1.165) is 5.56 Å². The predicted octanol–water partition coefficient (Wildman–Crippen LogP) is 2.40. The number of amides is 1. The monoisotopic (exact) mass is 288 g/mol. The fourth-order valence-corrected chi connectivity index (χ4v) is 1.81. The normalized spacial score (nSPS) is 10.2. The lowest BCUT2D eigenvalue weighted by Crippen LogP contribution is -2.21. The van der Waals surface area contributed by atoms with Crippen LogP contribution in [0.25, 0.3) is 0 Å². The molecular formula is C15H16N2O4. The van der Waals surface area contributed by atoms with Crippen molar-refractivity contribution in [1.29, 1.82) is 0 Å². The molecule has 2 rings (SSSR count). The van der Waals surface area contributed by atoms with Gasteiger partial charge in [0.05, 0.1) is 5.69 Å². The number of nitrogens with one attached hydrogen (secondary N) is 1. The first kappa shape index (κ1) is 14.8. The Hall–Kier alpha value is -2.63. The van der Waals surface area contributed by atoms with Gasteiger partial charge in [0.25, 0.3) is 5.91 Å². The lowest BCUT2D eigenvalue weighted by molar-refractivity contribution is -0.119. The number of benzene rings is 1. The molecular weight excluding hydrogens is 272 g/mol. The van der Waals surface area contributed by atoms with Gasteiger partial charge in [-0.3, -0.25) is 4.79 Å². The smallest absolute Gasteiger partial charge is 0.344 e. The molecule has 0 aliphatic rings. The molecule has 0 aliphatic heterocycles. The fraction of sp³-hybridized carbons (Fsp3) is 0.267. The van der Waals surface area contributed by atoms with Crippen molar-refractivity contribution in [1.82, 2.24) is 5.16 Å². The number of esters is 1. The molecule has 0 saturated heterocycles. The molecule has 1 N–H and O–H groups in total. The van der Waals surface area contributed by atoms with E-state index in [9.17, 15) is 9.59 Å². The highest BCUT2D eigenvalue weighted by Gasteiger charge is 2.19. The molecule has 1 amide bonds. The molecule has 0 atom stereocenters. The first-order valence-electron chi connectivity index (χ1n) is 6.44. The van der Waals surface area contributed by atoms with Crippen LogP contribution in [0, 0.1) is 20.8 Å². The van der Waals surface area contributed by atoms with Gasteiger partial charge in [0.1, 0.15) is 11.3 Å². The summed E-state index contributed by atoms with van der Waals surface area (Å²) in [4.78, 5) is 23.6. The molecule has 21 heavy (non-hydrogen) atoms. The van der Waals surface area contributed by atoms with Crippen molar-refractivity contribution in [3.63, 3.8) is 0 Å². The molecule has 6 heteroatoms. The third-order valence-corrected chi connectivity index (χ3v) is 2.91. The van der Waals surface area contributed by atoms with Gasteiger partial charge in [0.2, 0.25) is 0 Å². The van der Waals surface area contributed by atoms with Gasteiger partial charge >= 0.3 is 5.97 Å². The number of ether oxygens (including phenoxy) is 1. The summed E-state index contributed by atoms with van der Waals surface area (Å²) in [5.41, 5.74) is 2.45. The highest BCUT2D eigenvalue weighted by Crippen LogP contribution is 2.13. The first-order chi connectivity index (χ1) is 9.97. The van der Waals surface area contributed by atoms with Crippen molar-refractivity contribution in [2.75, 3.05) is 11.9 Å². The summed E-state index contributed by atoms with van der Waals surface area (Å²) in [7, 11) is 0. The fourth-order valence-electron chi connectivity index (χ4n) is 1.81. The maximum absolute atomic E-state index is 11.8. The van der Waals surface area contributed by atoms with E-state index in [-0.39, 0.29) is 12.2 Å². The molecule has 1 aromatic heterocycles. The highest BCUT2D eigenvalue weighted by molar-refractivity contribution is 5.96. The van der Waals surface area contributed by atoms with Crippen molar-refractivity contribution < 1.29 is 18.8 Å². The van der Waals surface area contributed by atoms with Crippen LogP contribution in [-0.2, 0) is 9.53 Å². The van der Waals surface area contributed by atoms with Gasteiger partial charge in [-0.05, 0) is 32.9 Å². The molecule has 0 aliphatic carbocycles. The van der Waals surface area contributed by atoms with Crippen LogP contribution in [0.15, 0.2) is 28.8 Å². The van der Waals surface area contributed by atoms with E-state index >= 15 is 0 Å². The van der Waals surface area contributed by atoms with E-state index in [4.69, 9.17) is 9.26 Å². The van der Waals surface area contributed by atoms with E-state index in [1.807, 2.05) is 19.1 Å². The molecule has 110 valence electrons. The molecule has 6 nitrogen and oxygen atoms in total. The number of hydrogen-bond donors (Lipinski definition) is 1. The van der Waals surface area contributed by atoms with Gasteiger partial charge in [-0.15, -0.1) is 0 Å². The number of nitrogens with zero attached hydrogens (tertiary/aromatic N) is 1. The lowest BCUT2D eigenvalue weighted by Gasteiger charge is -2.06. The zero-order valence-corrected chi connectivity index (χ0v) is 12.1. The number of aromatic nitrogens is 1. The number of carbonyl (C=O) groups excluding carboxylic acids is 2. The molecule has 2 aromatic rings. The Morgan fingerprint density at radius 2 is 1.86 bits per heavy atom. The Balaban J connectivity index is 1.89. The van der Waals surface area contributed by atoms with Crippen LogP contribution < -0.4 is 5.32 Å². The summed E-state index contributed by atoms with van der Waals surface area (Å²) in [6, 6.07) is 7.32. The van der Waals surface area contributed by atoms with Crippen LogP contribution in [-0.4, -0.2) is 23.6 Å². The summed E-state index contributed by atoms with van der Waals surface area (Å²) >= 11 is 0. The minimum atomic E-state index is -0.620. The second kappa shape index (κ2) is 6.21. The van der Waals surface area contributed by atoms with E-state index in [0.29, 0.717) is 17.1 Å². The minimum Gasteiger partial charge on any atom is -0.452 e. The number of aryl methyl sites for hydroxylation is 3. The topological polar surface area (TPSA) is 81.4 Å².